The van der Waals surface area contributed by atoms with Crippen LogP contribution in [0.15, 0.2) is 6.20 Å². The van der Waals surface area contributed by atoms with Crippen molar-refractivity contribution in [1.82, 2.24) is 15.0 Å². The molecule has 6 heterocycles. The van der Waals surface area contributed by atoms with Gasteiger partial charge in [0.1, 0.15) is 62.4 Å². The van der Waals surface area contributed by atoms with Crippen LogP contribution in [0.1, 0.15) is 25.5 Å². The maximum Gasteiger partial charge on any atom is 0.189 e. The summed E-state index contributed by atoms with van der Waals surface area (Å²) < 4.78 is 35.5. The van der Waals surface area contributed by atoms with E-state index >= 15 is 0 Å². The van der Waals surface area contributed by atoms with Gasteiger partial charge in [-0.2, -0.15) is 0 Å². The highest BCUT2D eigenvalue weighted by Gasteiger charge is 2.34. The van der Waals surface area contributed by atoms with Gasteiger partial charge in [0.2, 0.25) is 0 Å². The Labute approximate surface area is 172 Å². The first kappa shape index (κ1) is 17.5. The van der Waals surface area contributed by atoms with Crippen LogP contribution in [0.25, 0.3) is 22.8 Å². The minimum absolute atomic E-state index is 0.248. The summed E-state index contributed by atoms with van der Waals surface area (Å²) in [7, 11) is 0. The number of hydrogen-bond acceptors (Lipinski definition) is 6. The molecule has 9 heteroatoms. The third-order valence-electron chi connectivity index (χ3n) is 5.46. The number of hydrogen-bond donors (Lipinski definition) is 3. The number of aromatic amines is 3. The quantitative estimate of drug-likeness (QED) is 0.608. The van der Waals surface area contributed by atoms with E-state index in [0.717, 1.165) is 34.2 Å². The Hall–Kier alpha value is -3.36. The summed E-state index contributed by atoms with van der Waals surface area (Å²) >= 11 is 0. The van der Waals surface area contributed by atoms with E-state index < -0.39 is 0 Å². The summed E-state index contributed by atoms with van der Waals surface area (Å²) in [4.78, 5) is 10.2. The van der Waals surface area contributed by atoms with Gasteiger partial charge in [-0.3, -0.25) is 0 Å². The van der Waals surface area contributed by atoms with Gasteiger partial charge in [-0.25, -0.2) is 0 Å². The lowest BCUT2D eigenvalue weighted by atomic mass is 10.1. The highest BCUT2D eigenvalue weighted by Crippen LogP contribution is 2.54. The summed E-state index contributed by atoms with van der Waals surface area (Å²) in [6.07, 6.45) is 1.80. The molecule has 3 aromatic heterocycles. The molecule has 0 unspecified atom stereocenters. The minimum atomic E-state index is 0.248. The van der Waals surface area contributed by atoms with E-state index in [1.165, 1.54) is 0 Å². The summed E-state index contributed by atoms with van der Waals surface area (Å²) in [6.45, 7) is 7.23. The fraction of sp³-hybridized carbons (Fsp3) is 0.429. The molecule has 0 bridgehead atoms. The highest BCUT2D eigenvalue weighted by molar-refractivity contribution is 5.86. The second kappa shape index (κ2) is 6.58. The van der Waals surface area contributed by atoms with Crippen LogP contribution in [0.2, 0.25) is 0 Å². The monoisotopic (exact) mass is 413 g/mol. The lowest BCUT2D eigenvalue weighted by Crippen LogP contribution is -2.16. The SMILES string of the molecule is CC(C)c1[nH]c(-c2[nH]c(-c3[nH]cc4c3OCCO4)c3c2OCCO3)c2c1OCCO2. The van der Waals surface area contributed by atoms with Gasteiger partial charge >= 0.3 is 0 Å². The van der Waals surface area contributed by atoms with Gasteiger partial charge in [-0.05, 0) is 5.92 Å². The van der Waals surface area contributed by atoms with Crippen LogP contribution in [0.3, 0.4) is 0 Å². The van der Waals surface area contributed by atoms with Crippen molar-refractivity contribution in [2.24, 2.45) is 0 Å². The third-order valence-corrected chi connectivity index (χ3v) is 5.46. The molecule has 3 N–H and O–H groups in total. The molecule has 0 fully saturated rings. The number of aromatic nitrogens is 3. The van der Waals surface area contributed by atoms with Gasteiger partial charge in [-0.1, -0.05) is 13.8 Å². The molecular weight excluding hydrogens is 390 g/mol. The van der Waals surface area contributed by atoms with E-state index in [9.17, 15) is 0 Å². The first-order valence-corrected chi connectivity index (χ1v) is 10.2. The molecular formula is C21H23N3O6. The normalized spacial score (nSPS) is 16.8. The van der Waals surface area contributed by atoms with Gasteiger partial charge in [0, 0.05) is 6.20 Å². The Balaban J connectivity index is 1.54. The Morgan fingerprint density at radius 3 is 1.77 bits per heavy atom. The Morgan fingerprint density at radius 1 is 0.600 bits per heavy atom. The zero-order valence-corrected chi connectivity index (χ0v) is 16.8. The predicted molar refractivity (Wildman–Crippen MR) is 107 cm³/mol. The van der Waals surface area contributed by atoms with Crippen LogP contribution in [0.4, 0.5) is 0 Å². The predicted octanol–water partition coefficient (Wildman–Crippen LogP) is 3.44. The van der Waals surface area contributed by atoms with Gasteiger partial charge in [-0.15, -0.1) is 0 Å². The molecule has 0 aromatic carbocycles. The van der Waals surface area contributed by atoms with E-state index in [4.69, 9.17) is 28.4 Å². The molecule has 0 saturated carbocycles. The molecule has 0 saturated heterocycles. The molecule has 0 amide bonds. The second-order valence-electron chi connectivity index (χ2n) is 7.71. The number of H-pyrrole nitrogens is 3. The molecule has 158 valence electrons. The van der Waals surface area contributed by atoms with Crippen molar-refractivity contribution in [3.63, 3.8) is 0 Å². The molecule has 6 rings (SSSR count). The van der Waals surface area contributed by atoms with Crippen LogP contribution in [0, 0.1) is 0 Å². The number of fused-ring (bicyclic) bond motifs is 3. The third kappa shape index (κ3) is 2.47. The van der Waals surface area contributed by atoms with Crippen LogP contribution >= 0.6 is 0 Å². The summed E-state index contributed by atoms with van der Waals surface area (Å²) in [5.74, 6) is 4.35. The molecule has 0 atom stereocenters. The van der Waals surface area contributed by atoms with Crippen molar-refractivity contribution in [3.05, 3.63) is 11.9 Å². The van der Waals surface area contributed by atoms with Crippen molar-refractivity contribution in [3.8, 4) is 57.3 Å². The van der Waals surface area contributed by atoms with Crippen LogP contribution < -0.4 is 28.4 Å². The van der Waals surface area contributed by atoms with Crippen LogP contribution in [-0.2, 0) is 0 Å². The van der Waals surface area contributed by atoms with Gasteiger partial charge in [0.05, 0.1) is 5.69 Å². The van der Waals surface area contributed by atoms with E-state index in [1.807, 2.05) is 0 Å². The van der Waals surface area contributed by atoms with E-state index in [0.29, 0.717) is 68.4 Å². The van der Waals surface area contributed by atoms with Gasteiger partial charge in [0.25, 0.3) is 0 Å². The molecule has 30 heavy (non-hydrogen) atoms. The average Bonchev–Trinajstić information content (AvgIpc) is 3.46. The van der Waals surface area contributed by atoms with E-state index in [2.05, 4.69) is 28.8 Å². The summed E-state index contributed by atoms with van der Waals surface area (Å²) in [5, 5.41) is 0. The molecule has 0 aliphatic carbocycles. The fourth-order valence-corrected chi connectivity index (χ4v) is 4.14. The number of ether oxygens (including phenoxy) is 6. The van der Waals surface area contributed by atoms with Gasteiger partial charge in [0.15, 0.2) is 34.5 Å². The number of nitrogens with one attached hydrogen (secondary N) is 3. The molecule has 3 aliphatic rings. The molecule has 0 spiro atoms. The Morgan fingerprint density at radius 2 is 1.10 bits per heavy atom. The topological polar surface area (TPSA) is 103 Å². The first-order chi connectivity index (χ1) is 14.7. The van der Waals surface area contributed by atoms with E-state index in [1.54, 1.807) is 6.20 Å². The van der Waals surface area contributed by atoms with E-state index in [-0.39, 0.29) is 5.92 Å². The maximum absolute atomic E-state index is 6.03. The van der Waals surface area contributed by atoms with Crippen molar-refractivity contribution < 1.29 is 28.4 Å². The second-order valence-corrected chi connectivity index (χ2v) is 7.71. The van der Waals surface area contributed by atoms with Crippen LogP contribution in [-0.4, -0.2) is 54.6 Å². The summed E-state index contributed by atoms with van der Waals surface area (Å²) in [6, 6.07) is 0. The lowest BCUT2D eigenvalue weighted by molar-refractivity contribution is 0.170. The number of rotatable bonds is 3. The first-order valence-electron chi connectivity index (χ1n) is 10.2. The van der Waals surface area contributed by atoms with Gasteiger partial charge < -0.3 is 43.4 Å². The standard InChI is InChI=1S/C21H23N3O6/c1-10(2)12-18-20(29-6-5-27-18)15(23-12)16-21-19(28-7-8-30-21)14(24-16)13-17-11(9-22-13)25-3-4-26-17/h9-10,22-24H,3-8H2,1-2H3. The molecule has 9 nitrogen and oxygen atoms in total. The largest absolute Gasteiger partial charge is 0.485 e. The Kier molecular flexibility index (Phi) is 3.84. The zero-order chi connectivity index (χ0) is 20.2. The molecule has 3 aromatic rings. The maximum atomic E-state index is 6.03. The molecule has 3 aliphatic heterocycles. The highest BCUT2D eigenvalue weighted by atomic mass is 16.6. The summed E-state index contributed by atoms with van der Waals surface area (Å²) in [5.41, 5.74) is 4.06. The molecule has 0 radical (unpaired) electrons. The Bertz CT molecular complexity index is 1110. The smallest absolute Gasteiger partial charge is 0.189 e. The lowest BCUT2D eigenvalue weighted by Gasteiger charge is -2.19. The average molecular weight is 413 g/mol. The fourth-order valence-electron chi connectivity index (χ4n) is 4.14. The van der Waals surface area contributed by atoms with Crippen molar-refractivity contribution in [2.75, 3.05) is 39.6 Å². The zero-order valence-electron chi connectivity index (χ0n) is 16.8. The van der Waals surface area contributed by atoms with Crippen molar-refractivity contribution >= 4 is 0 Å². The minimum Gasteiger partial charge on any atom is -0.485 e. The van der Waals surface area contributed by atoms with Crippen molar-refractivity contribution in [1.29, 1.82) is 0 Å². The van der Waals surface area contributed by atoms with Crippen LogP contribution in [0.5, 0.6) is 34.5 Å². The van der Waals surface area contributed by atoms with Crippen molar-refractivity contribution in [2.45, 2.75) is 19.8 Å².